The fraction of sp³-hybridized carbons (Fsp3) is 0.457. The van der Waals surface area contributed by atoms with Gasteiger partial charge in [0.05, 0.1) is 25.0 Å². The zero-order valence-electron chi connectivity index (χ0n) is 25.7. The SMILES string of the molecule is C=CCN(Cc1ccccc1)C(=O)[C@H]1[C@H]2C(=O)N(CCCCCO)C(C(=O)N(CC=C)c3ccc(OC)cc3)C23CC(Br)[C@@H]1O3. The molecule has 3 fully saturated rings. The van der Waals surface area contributed by atoms with Crippen LogP contribution < -0.4 is 9.64 Å². The highest BCUT2D eigenvalue weighted by molar-refractivity contribution is 9.09. The van der Waals surface area contributed by atoms with E-state index in [1.54, 1.807) is 58.2 Å². The van der Waals surface area contributed by atoms with Gasteiger partial charge in [0.25, 0.3) is 5.91 Å². The Bertz CT molecular complexity index is 1390. The Morgan fingerprint density at radius 1 is 1.07 bits per heavy atom. The van der Waals surface area contributed by atoms with Crippen LogP contribution in [0.5, 0.6) is 5.75 Å². The molecule has 45 heavy (non-hydrogen) atoms. The number of fused-ring (bicyclic) bond motifs is 1. The standard InChI is InChI=1S/C35H42BrN3O6/c1-4-18-37(23-24-12-8-6-9-13-24)32(41)28-29-33(42)39(20-10-7-11-21-40)31(35(29)22-27(36)30(28)45-35)34(43)38(19-5-2)25-14-16-26(44-3)17-15-25/h4-6,8-9,12-17,27-31,40H,1-2,7,10-11,18-23H2,3H3/t27?,28-,29-,30-,31?,35?/m0/s1. The van der Waals surface area contributed by atoms with E-state index in [1.165, 1.54) is 0 Å². The number of unbranched alkanes of at least 4 members (excludes halogenated alkanes) is 2. The lowest BCUT2D eigenvalue weighted by Crippen LogP contribution is -2.57. The van der Waals surface area contributed by atoms with Crippen LogP contribution in [0, 0.1) is 11.8 Å². The van der Waals surface area contributed by atoms with E-state index in [0.29, 0.717) is 56.8 Å². The number of halogens is 1. The molecule has 3 aliphatic heterocycles. The molecule has 9 nitrogen and oxygen atoms in total. The fourth-order valence-electron chi connectivity index (χ4n) is 7.27. The van der Waals surface area contributed by atoms with Gasteiger partial charge in [0.2, 0.25) is 11.8 Å². The summed E-state index contributed by atoms with van der Waals surface area (Å²) < 4.78 is 12.1. The number of alkyl halides is 1. The molecule has 2 aromatic rings. The third-order valence-corrected chi connectivity index (χ3v) is 10.0. The van der Waals surface area contributed by atoms with Crippen molar-refractivity contribution in [1.29, 1.82) is 0 Å². The van der Waals surface area contributed by atoms with E-state index in [2.05, 4.69) is 29.1 Å². The van der Waals surface area contributed by atoms with Crippen LogP contribution in [0.4, 0.5) is 5.69 Å². The summed E-state index contributed by atoms with van der Waals surface area (Å²) in [5.74, 6) is -1.60. The van der Waals surface area contributed by atoms with Crippen LogP contribution in [-0.4, -0.2) is 88.6 Å². The van der Waals surface area contributed by atoms with Crippen molar-refractivity contribution in [2.75, 3.05) is 38.3 Å². The molecule has 3 saturated heterocycles. The molecule has 10 heteroatoms. The van der Waals surface area contributed by atoms with E-state index in [4.69, 9.17) is 9.47 Å². The molecule has 5 rings (SSSR count). The van der Waals surface area contributed by atoms with E-state index < -0.39 is 29.6 Å². The maximum absolute atomic E-state index is 14.7. The third kappa shape index (κ3) is 6.20. The van der Waals surface area contributed by atoms with Crippen molar-refractivity contribution >= 4 is 39.3 Å². The molecule has 6 atom stereocenters. The van der Waals surface area contributed by atoms with Crippen molar-refractivity contribution in [2.45, 2.75) is 54.8 Å². The van der Waals surface area contributed by atoms with Crippen LogP contribution in [0.3, 0.4) is 0 Å². The summed E-state index contributed by atoms with van der Waals surface area (Å²) in [6, 6.07) is 16.0. The molecule has 240 valence electrons. The number of anilines is 1. The molecule has 0 radical (unpaired) electrons. The van der Waals surface area contributed by atoms with Crippen molar-refractivity contribution in [3.63, 3.8) is 0 Å². The molecule has 2 aromatic carbocycles. The predicted octanol–water partition coefficient (Wildman–Crippen LogP) is 4.34. The number of ether oxygens (including phenoxy) is 2. The average Bonchev–Trinajstić information content (AvgIpc) is 3.64. The summed E-state index contributed by atoms with van der Waals surface area (Å²) in [5, 5.41) is 9.35. The van der Waals surface area contributed by atoms with E-state index >= 15 is 0 Å². The van der Waals surface area contributed by atoms with Crippen molar-refractivity contribution in [3.05, 3.63) is 85.5 Å². The number of rotatable bonds is 15. The molecule has 3 heterocycles. The van der Waals surface area contributed by atoms with E-state index in [-0.39, 0.29) is 35.7 Å². The second kappa shape index (κ2) is 14.3. The topological polar surface area (TPSA) is 99.6 Å². The average molecular weight is 681 g/mol. The number of nitrogens with zero attached hydrogens (tertiary/aromatic N) is 3. The van der Waals surface area contributed by atoms with Gasteiger partial charge in [-0.15, -0.1) is 13.2 Å². The zero-order chi connectivity index (χ0) is 32.1. The minimum atomic E-state index is -1.18. The summed E-state index contributed by atoms with van der Waals surface area (Å²) in [7, 11) is 1.58. The number of carbonyl (C=O) groups excluding carboxylic acids is 3. The number of methoxy groups -OCH3 is 1. The van der Waals surface area contributed by atoms with Crippen molar-refractivity contribution in [3.8, 4) is 5.75 Å². The van der Waals surface area contributed by atoms with Gasteiger partial charge in [0.1, 0.15) is 17.4 Å². The van der Waals surface area contributed by atoms with Crippen LogP contribution in [-0.2, 0) is 25.7 Å². The van der Waals surface area contributed by atoms with E-state index in [0.717, 1.165) is 5.56 Å². The van der Waals surface area contributed by atoms with Gasteiger partial charge >= 0.3 is 0 Å². The highest BCUT2D eigenvalue weighted by Crippen LogP contribution is 2.60. The molecule has 0 aromatic heterocycles. The van der Waals surface area contributed by atoms with Gasteiger partial charge in [-0.2, -0.15) is 0 Å². The Morgan fingerprint density at radius 2 is 1.78 bits per heavy atom. The number of carbonyl (C=O) groups is 3. The largest absolute Gasteiger partial charge is 0.497 e. The maximum atomic E-state index is 14.7. The van der Waals surface area contributed by atoms with Gasteiger partial charge in [-0.05, 0) is 55.5 Å². The molecule has 0 saturated carbocycles. The second-order valence-electron chi connectivity index (χ2n) is 11.9. The number of aliphatic hydroxyl groups is 1. The molecular weight excluding hydrogens is 638 g/mol. The van der Waals surface area contributed by atoms with Gasteiger partial charge < -0.3 is 29.3 Å². The maximum Gasteiger partial charge on any atom is 0.253 e. The zero-order valence-corrected chi connectivity index (χ0v) is 27.3. The van der Waals surface area contributed by atoms with Crippen LogP contribution in [0.25, 0.3) is 0 Å². The smallest absolute Gasteiger partial charge is 0.253 e. The first-order valence-corrected chi connectivity index (χ1v) is 16.5. The van der Waals surface area contributed by atoms with Gasteiger partial charge in [0.15, 0.2) is 0 Å². The summed E-state index contributed by atoms with van der Waals surface area (Å²) in [6.07, 6.45) is 5.12. The van der Waals surface area contributed by atoms with Gasteiger partial charge in [-0.3, -0.25) is 14.4 Å². The first-order valence-electron chi connectivity index (χ1n) is 15.5. The van der Waals surface area contributed by atoms with Crippen molar-refractivity contribution < 1.29 is 29.0 Å². The molecule has 2 bridgehead atoms. The first-order chi connectivity index (χ1) is 21.8. The van der Waals surface area contributed by atoms with Crippen LogP contribution in [0.1, 0.15) is 31.2 Å². The lowest BCUT2D eigenvalue weighted by Gasteiger charge is -2.37. The Labute approximate surface area is 273 Å². The Morgan fingerprint density at radius 3 is 2.42 bits per heavy atom. The number of benzene rings is 2. The van der Waals surface area contributed by atoms with E-state index in [9.17, 15) is 19.5 Å². The Hall–Kier alpha value is -3.47. The number of likely N-dealkylation sites (tertiary alicyclic amines) is 1. The van der Waals surface area contributed by atoms with Gasteiger partial charge in [0, 0.05) is 43.3 Å². The number of aliphatic hydroxyl groups excluding tert-OH is 1. The third-order valence-electron chi connectivity index (χ3n) is 9.20. The summed E-state index contributed by atoms with van der Waals surface area (Å²) >= 11 is 3.78. The Balaban J connectivity index is 1.53. The monoisotopic (exact) mass is 679 g/mol. The second-order valence-corrected chi connectivity index (χ2v) is 13.1. The molecule has 1 spiro atoms. The molecule has 3 amide bonds. The predicted molar refractivity (Wildman–Crippen MR) is 176 cm³/mol. The normalized spacial score (nSPS) is 26.4. The summed E-state index contributed by atoms with van der Waals surface area (Å²) in [4.78, 5) is 48.4. The quantitative estimate of drug-likeness (QED) is 0.171. The minimum Gasteiger partial charge on any atom is -0.497 e. The van der Waals surface area contributed by atoms with Crippen LogP contribution in [0.2, 0.25) is 0 Å². The van der Waals surface area contributed by atoms with Crippen LogP contribution >= 0.6 is 15.9 Å². The first kappa shape index (κ1) is 32.9. The molecule has 3 aliphatic rings. The Kier molecular flexibility index (Phi) is 10.5. The van der Waals surface area contributed by atoms with Crippen LogP contribution in [0.15, 0.2) is 79.9 Å². The highest BCUT2D eigenvalue weighted by atomic mass is 79.9. The highest BCUT2D eigenvalue weighted by Gasteiger charge is 2.76. The molecule has 3 unspecified atom stereocenters. The number of hydrogen-bond donors (Lipinski definition) is 1. The molecule has 0 aliphatic carbocycles. The fourth-order valence-corrected chi connectivity index (χ4v) is 8.21. The number of amides is 3. The minimum absolute atomic E-state index is 0.0562. The molecule has 1 N–H and O–H groups in total. The number of hydrogen-bond acceptors (Lipinski definition) is 6. The summed E-state index contributed by atoms with van der Waals surface area (Å²) in [5.41, 5.74) is 0.435. The van der Waals surface area contributed by atoms with Gasteiger partial charge in [-0.25, -0.2) is 0 Å². The lowest BCUT2D eigenvalue weighted by molar-refractivity contribution is -0.145. The van der Waals surface area contributed by atoms with E-state index in [1.807, 2.05) is 30.3 Å². The van der Waals surface area contributed by atoms with Gasteiger partial charge in [-0.1, -0.05) is 58.4 Å². The summed E-state index contributed by atoms with van der Waals surface area (Å²) in [6.45, 7) is 9.04. The van der Waals surface area contributed by atoms with Crippen molar-refractivity contribution in [1.82, 2.24) is 9.80 Å². The molecular formula is C35H42BrN3O6. The van der Waals surface area contributed by atoms with Crippen molar-refractivity contribution in [2.24, 2.45) is 11.8 Å². The lowest BCUT2D eigenvalue weighted by atomic mass is 9.70.